The fraction of sp³-hybridized carbons (Fsp3) is 0.259. The molecule has 5 rings (SSSR count). The number of nitriles is 1. The molecule has 9 nitrogen and oxygen atoms in total. The minimum Gasteiger partial charge on any atom is -0.494 e. The van der Waals surface area contributed by atoms with Crippen LogP contribution in [0, 0.1) is 11.3 Å². The molecule has 2 N–H and O–H groups in total. The lowest BCUT2D eigenvalue weighted by Gasteiger charge is -2.26. The topological polar surface area (TPSA) is 108 Å². The first-order valence-electron chi connectivity index (χ1n) is 12.0. The van der Waals surface area contributed by atoms with E-state index in [1.54, 1.807) is 24.5 Å². The highest BCUT2D eigenvalue weighted by atomic mass is 16.5. The van der Waals surface area contributed by atoms with Gasteiger partial charge in [-0.3, -0.25) is 9.88 Å². The lowest BCUT2D eigenvalue weighted by atomic mass is 10.1. The van der Waals surface area contributed by atoms with Crippen molar-refractivity contribution in [2.45, 2.75) is 6.42 Å². The molecule has 0 amide bonds. The third-order valence-electron chi connectivity index (χ3n) is 5.84. The number of rotatable bonds is 9. The smallest absolute Gasteiger partial charge is 0.229 e. The van der Waals surface area contributed by atoms with Crippen LogP contribution in [-0.4, -0.2) is 59.3 Å². The van der Waals surface area contributed by atoms with Crippen molar-refractivity contribution in [2.75, 3.05) is 50.1 Å². The number of anilines is 4. The van der Waals surface area contributed by atoms with Gasteiger partial charge in [0.1, 0.15) is 11.6 Å². The van der Waals surface area contributed by atoms with E-state index in [2.05, 4.69) is 36.6 Å². The molecule has 1 fully saturated rings. The highest BCUT2D eigenvalue weighted by Crippen LogP contribution is 2.22. The molecule has 2 aromatic heterocycles. The lowest BCUT2D eigenvalue weighted by Crippen LogP contribution is -2.37. The van der Waals surface area contributed by atoms with Gasteiger partial charge in [-0.1, -0.05) is 0 Å². The summed E-state index contributed by atoms with van der Waals surface area (Å²) in [4.78, 5) is 15.7. The van der Waals surface area contributed by atoms with E-state index in [1.165, 1.54) is 0 Å². The lowest BCUT2D eigenvalue weighted by molar-refractivity contribution is 0.0358. The van der Waals surface area contributed by atoms with Crippen molar-refractivity contribution in [3.63, 3.8) is 0 Å². The van der Waals surface area contributed by atoms with Crippen LogP contribution in [-0.2, 0) is 4.74 Å². The Hall–Kier alpha value is -4.26. The average molecular weight is 482 g/mol. The van der Waals surface area contributed by atoms with E-state index in [1.807, 2.05) is 42.5 Å². The molecule has 0 unspecified atom stereocenters. The summed E-state index contributed by atoms with van der Waals surface area (Å²) in [5.41, 5.74) is 3.06. The van der Waals surface area contributed by atoms with Crippen molar-refractivity contribution in [1.29, 1.82) is 5.26 Å². The summed E-state index contributed by atoms with van der Waals surface area (Å²) in [5, 5.41) is 16.5. The van der Waals surface area contributed by atoms with Crippen LogP contribution >= 0.6 is 0 Å². The second kappa shape index (κ2) is 11.4. The second-order valence-electron chi connectivity index (χ2n) is 8.44. The molecule has 36 heavy (non-hydrogen) atoms. The van der Waals surface area contributed by atoms with E-state index in [-0.39, 0.29) is 0 Å². The molecule has 1 saturated heterocycles. The van der Waals surface area contributed by atoms with Crippen LogP contribution < -0.4 is 15.4 Å². The van der Waals surface area contributed by atoms with Crippen molar-refractivity contribution in [2.24, 2.45) is 0 Å². The summed E-state index contributed by atoms with van der Waals surface area (Å²) in [6.45, 7) is 5.36. The zero-order valence-corrected chi connectivity index (χ0v) is 19.9. The van der Waals surface area contributed by atoms with Gasteiger partial charge in [-0.2, -0.15) is 10.2 Å². The third-order valence-corrected chi connectivity index (χ3v) is 5.84. The van der Waals surface area contributed by atoms with E-state index in [0.717, 1.165) is 67.3 Å². The summed E-state index contributed by atoms with van der Waals surface area (Å²) in [6.07, 6.45) is 4.41. The Kier molecular flexibility index (Phi) is 7.46. The predicted octanol–water partition coefficient (Wildman–Crippen LogP) is 4.48. The Morgan fingerprint density at radius 1 is 0.972 bits per heavy atom. The summed E-state index contributed by atoms with van der Waals surface area (Å²) >= 11 is 0. The van der Waals surface area contributed by atoms with E-state index in [0.29, 0.717) is 23.9 Å². The molecule has 0 atom stereocenters. The fourth-order valence-electron chi connectivity index (χ4n) is 3.97. The number of aromatic nitrogens is 3. The maximum Gasteiger partial charge on any atom is 0.229 e. The van der Waals surface area contributed by atoms with Gasteiger partial charge in [0.15, 0.2) is 0 Å². The molecule has 0 bridgehead atoms. The van der Waals surface area contributed by atoms with E-state index in [4.69, 9.17) is 14.7 Å². The maximum atomic E-state index is 9.14. The number of ether oxygens (including phenoxy) is 2. The molecule has 0 spiro atoms. The van der Waals surface area contributed by atoms with Crippen LogP contribution in [0.3, 0.4) is 0 Å². The molecule has 182 valence electrons. The minimum atomic E-state index is 0.472. The zero-order valence-electron chi connectivity index (χ0n) is 19.9. The summed E-state index contributed by atoms with van der Waals surface area (Å²) in [6, 6.07) is 19.1. The van der Waals surface area contributed by atoms with Gasteiger partial charge in [0.05, 0.1) is 48.9 Å². The van der Waals surface area contributed by atoms with Gasteiger partial charge in [0, 0.05) is 36.9 Å². The maximum absolute atomic E-state index is 9.14. The number of pyridine rings is 1. The average Bonchev–Trinajstić information content (AvgIpc) is 2.92. The number of nitrogens with zero attached hydrogens (tertiary/aromatic N) is 5. The molecule has 1 aliphatic heterocycles. The SMILES string of the molecule is N#Cc1ccc2ncc(Nc3ccnc(Nc4ccc(OCCCN5CCOCC5)cc4)n3)cc2c1. The molecule has 0 saturated carbocycles. The Labute approximate surface area is 209 Å². The molecular formula is C27H27N7O2. The summed E-state index contributed by atoms with van der Waals surface area (Å²) in [7, 11) is 0. The van der Waals surface area contributed by atoms with Gasteiger partial charge in [0.2, 0.25) is 5.95 Å². The number of morpholine rings is 1. The zero-order chi connectivity index (χ0) is 24.6. The van der Waals surface area contributed by atoms with Gasteiger partial charge in [-0.25, -0.2) is 4.98 Å². The molecule has 4 aromatic rings. The van der Waals surface area contributed by atoms with Crippen LogP contribution in [0.15, 0.2) is 67.0 Å². The first kappa shape index (κ1) is 23.5. The predicted molar refractivity (Wildman–Crippen MR) is 139 cm³/mol. The van der Waals surface area contributed by atoms with Gasteiger partial charge < -0.3 is 20.1 Å². The number of hydrogen-bond donors (Lipinski definition) is 2. The highest BCUT2D eigenvalue weighted by molar-refractivity contribution is 5.83. The molecule has 1 aliphatic rings. The van der Waals surface area contributed by atoms with Crippen molar-refractivity contribution in [3.05, 3.63) is 72.6 Å². The van der Waals surface area contributed by atoms with Crippen molar-refractivity contribution >= 4 is 34.0 Å². The van der Waals surface area contributed by atoms with Crippen molar-refractivity contribution in [1.82, 2.24) is 19.9 Å². The number of fused-ring (bicyclic) bond motifs is 1. The monoisotopic (exact) mass is 481 g/mol. The summed E-state index contributed by atoms with van der Waals surface area (Å²) in [5.74, 6) is 1.94. The van der Waals surface area contributed by atoms with Gasteiger partial charge in [0.25, 0.3) is 0 Å². The number of hydrogen-bond acceptors (Lipinski definition) is 9. The first-order valence-corrected chi connectivity index (χ1v) is 12.0. The Morgan fingerprint density at radius 3 is 2.67 bits per heavy atom. The van der Waals surface area contributed by atoms with Crippen LogP contribution in [0.4, 0.5) is 23.1 Å². The molecule has 0 aliphatic carbocycles. The largest absolute Gasteiger partial charge is 0.494 e. The van der Waals surface area contributed by atoms with Gasteiger partial charge in [-0.05, 0) is 61.0 Å². The van der Waals surface area contributed by atoms with E-state index >= 15 is 0 Å². The third kappa shape index (κ3) is 6.24. The molecular weight excluding hydrogens is 454 g/mol. The van der Waals surface area contributed by atoms with Crippen LogP contribution in [0.1, 0.15) is 12.0 Å². The highest BCUT2D eigenvalue weighted by Gasteiger charge is 2.09. The molecule has 3 heterocycles. The first-order chi connectivity index (χ1) is 17.7. The van der Waals surface area contributed by atoms with E-state index < -0.39 is 0 Å². The van der Waals surface area contributed by atoms with Crippen LogP contribution in [0.5, 0.6) is 5.75 Å². The summed E-state index contributed by atoms with van der Waals surface area (Å²) < 4.78 is 11.3. The Balaban J connectivity index is 1.15. The molecule has 0 radical (unpaired) electrons. The van der Waals surface area contributed by atoms with Crippen LogP contribution in [0.25, 0.3) is 10.9 Å². The second-order valence-corrected chi connectivity index (χ2v) is 8.44. The number of nitrogens with one attached hydrogen (secondary N) is 2. The van der Waals surface area contributed by atoms with Gasteiger partial charge >= 0.3 is 0 Å². The van der Waals surface area contributed by atoms with Crippen molar-refractivity contribution < 1.29 is 9.47 Å². The Morgan fingerprint density at radius 2 is 1.83 bits per heavy atom. The molecule has 9 heteroatoms. The van der Waals surface area contributed by atoms with E-state index in [9.17, 15) is 0 Å². The van der Waals surface area contributed by atoms with Crippen molar-refractivity contribution in [3.8, 4) is 11.8 Å². The van der Waals surface area contributed by atoms with Gasteiger partial charge in [-0.15, -0.1) is 0 Å². The number of benzene rings is 2. The standard InChI is InChI=1S/C27H27N7O2/c28-18-20-2-7-25-21(16-20)17-23(19-30-25)31-26-8-9-29-27(33-26)32-22-3-5-24(6-4-22)36-13-1-10-34-11-14-35-15-12-34/h2-9,16-17,19H,1,10-15H2,(H2,29,31,32,33). The minimum absolute atomic E-state index is 0.472. The quantitative estimate of drug-likeness (QED) is 0.334. The van der Waals surface area contributed by atoms with Crippen LogP contribution in [0.2, 0.25) is 0 Å². The fourth-order valence-corrected chi connectivity index (χ4v) is 3.97. The normalized spacial score (nSPS) is 13.8. The Bertz CT molecular complexity index is 1350. The molecule has 2 aromatic carbocycles.